The van der Waals surface area contributed by atoms with Crippen LogP contribution in [0.1, 0.15) is 5.69 Å². The van der Waals surface area contributed by atoms with Crippen molar-refractivity contribution in [1.82, 2.24) is 9.55 Å². The number of nitrogens with zero attached hydrogens (tertiary/aromatic N) is 3. The molecule has 0 N–H and O–H groups in total. The van der Waals surface area contributed by atoms with Crippen LogP contribution in [0, 0.1) is 15.9 Å². The van der Waals surface area contributed by atoms with Crippen molar-refractivity contribution >= 4 is 17.0 Å². The van der Waals surface area contributed by atoms with Gasteiger partial charge in [0.2, 0.25) is 0 Å². The molecule has 0 aliphatic rings. The van der Waals surface area contributed by atoms with E-state index >= 15 is 0 Å². The number of benzene rings is 1. The van der Waals surface area contributed by atoms with Crippen molar-refractivity contribution in [2.75, 3.05) is 0 Å². The second-order valence-electron chi connectivity index (χ2n) is 4.76. The molecule has 2 aromatic heterocycles. The topological polar surface area (TPSA) is 78.0 Å². The highest BCUT2D eigenvalue weighted by Gasteiger charge is 2.10. The molecule has 0 saturated heterocycles. The van der Waals surface area contributed by atoms with Crippen LogP contribution in [0.25, 0.3) is 10.6 Å². The van der Waals surface area contributed by atoms with E-state index in [2.05, 4.69) is 4.98 Å². The third-order valence-corrected chi connectivity index (χ3v) is 4.09. The molecular formula is C15H10FN3O3S. The van der Waals surface area contributed by atoms with Crippen molar-refractivity contribution in [1.29, 1.82) is 0 Å². The Labute approximate surface area is 133 Å². The highest BCUT2D eigenvalue weighted by Crippen LogP contribution is 2.24. The lowest BCUT2D eigenvalue weighted by Crippen LogP contribution is -2.19. The minimum absolute atomic E-state index is 0.137. The van der Waals surface area contributed by atoms with E-state index in [4.69, 9.17) is 0 Å². The molecule has 0 bridgehead atoms. The molecule has 0 unspecified atom stereocenters. The molecule has 0 spiro atoms. The van der Waals surface area contributed by atoms with Gasteiger partial charge >= 0.3 is 0 Å². The maximum atomic E-state index is 12.9. The maximum absolute atomic E-state index is 12.9. The van der Waals surface area contributed by atoms with Crippen LogP contribution in [0.5, 0.6) is 0 Å². The quantitative estimate of drug-likeness (QED) is 0.544. The van der Waals surface area contributed by atoms with Gasteiger partial charge in [0.1, 0.15) is 10.8 Å². The van der Waals surface area contributed by atoms with E-state index in [1.807, 2.05) is 0 Å². The van der Waals surface area contributed by atoms with Crippen molar-refractivity contribution in [3.63, 3.8) is 0 Å². The van der Waals surface area contributed by atoms with Gasteiger partial charge in [-0.1, -0.05) is 0 Å². The highest BCUT2D eigenvalue weighted by atomic mass is 32.1. The Morgan fingerprint density at radius 2 is 1.96 bits per heavy atom. The van der Waals surface area contributed by atoms with Crippen LogP contribution in [-0.2, 0) is 6.54 Å². The second-order valence-corrected chi connectivity index (χ2v) is 5.62. The van der Waals surface area contributed by atoms with E-state index in [1.54, 1.807) is 17.5 Å². The van der Waals surface area contributed by atoms with Gasteiger partial charge in [-0.15, -0.1) is 11.3 Å². The minimum Gasteiger partial charge on any atom is -0.303 e. The molecule has 0 aliphatic heterocycles. The summed E-state index contributed by atoms with van der Waals surface area (Å²) in [4.78, 5) is 26.4. The van der Waals surface area contributed by atoms with Crippen molar-refractivity contribution in [3.8, 4) is 10.6 Å². The molecule has 3 aromatic rings. The molecule has 1 aromatic carbocycles. The number of halogens is 1. The molecule has 0 aliphatic carbocycles. The Kier molecular flexibility index (Phi) is 3.98. The first-order valence-corrected chi connectivity index (χ1v) is 7.46. The molecule has 23 heavy (non-hydrogen) atoms. The van der Waals surface area contributed by atoms with Crippen LogP contribution in [0.3, 0.4) is 0 Å². The fraction of sp³-hybridized carbons (Fsp3) is 0.0667. The first-order chi connectivity index (χ1) is 11.0. The molecule has 0 saturated carbocycles. The van der Waals surface area contributed by atoms with E-state index in [-0.39, 0.29) is 23.6 Å². The van der Waals surface area contributed by atoms with Crippen LogP contribution >= 0.6 is 11.3 Å². The number of thiazole rings is 1. The molecule has 2 heterocycles. The predicted octanol–water partition coefficient (Wildman–Crippen LogP) is 3.07. The first-order valence-electron chi connectivity index (χ1n) is 6.58. The fourth-order valence-corrected chi connectivity index (χ4v) is 2.85. The molecule has 0 radical (unpaired) electrons. The standard InChI is InChI=1S/C15H10FN3O3S/c16-11-3-1-10(2-4-11)15-17-12(9-23-15)7-18-8-13(19(21)22)5-6-14(18)20/h1-6,8-9H,7H2. The van der Waals surface area contributed by atoms with Crippen LogP contribution in [0.15, 0.2) is 52.8 Å². The zero-order valence-electron chi connectivity index (χ0n) is 11.7. The number of nitro groups is 1. The van der Waals surface area contributed by atoms with Gasteiger partial charge in [0.05, 0.1) is 23.4 Å². The summed E-state index contributed by atoms with van der Waals surface area (Å²) in [7, 11) is 0. The Balaban J connectivity index is 1.87. The largest absolute Gasteiger partial charge is 0.303 e. The van der Waals surface area contributed by atoms with Crippen LogP contribution in [0.4, 0.5) is 10.1 Å². The summed E-state index contributed by atoms with van der Waals surface area (Å²) in [6, 6.07) is 8.27. The van der Waals surface area contributed by atoms with Gasteiger partial charge in [0.25, 0.3) is 11.2 Å². The number of hydrogen-bond acceptors (Lipinski definition) is 5. The number of aromatic nitrogens is 2. The predicted molar refractivity (Wildman–Crippen MR) is 84.0 cm³/mol. The normalized spacial score (nSPS) is 10.7. The second kappa shape index (κ2) is 6.09. The van der Waals surface area contributed by atoms with Crippen molar-refractivity contribution < 1.29 is 9.31 Å². The third-order valence-electron chi connectivity index (χ3n) is 3.15. The number of pyridine rings is 1. The molecular weight excluding hydrogens is 321 g/mol. The third kappa shape index (κ3) is 3.32. The van der Waals surface area contributed by atoms with E-state index in [1.165, 1.54) is 40.3 Å². The summed E-state index contributed by atoms with van der Waals surface area (Å²) < 4.78 is 14.2. The average molecular weight is 331 g/mol. The van der Waals surface area contributed by atoms with Crippen molar-refractivity contribution in [2.24, 2.45) is 0 Å². The Morgan fingerprint density at radius 3 is 2.65 bits per heavy atom. The van der Waals surface area contributed by atoms with Gasteiger partial charge < -0.3 is 4.57 Å². The molecule has 6 nitrogen and oxygen atoms in total. The minimum atomic E-state index is -0.555. The van der Waals surface area contributed by atoms with Crippen LogP contribution in [0.2, 0.25) is 0 Å². The zero-order valence-corrected chi connectivity index (χ0v) is 12.5. The molecule has 8 heteroatoms. The molecule has 3 rings (SSSR count). The highest BCUT2D eigenvalue weighted by molar-refractivity contribution is 7.13. The number of rotatable bonds is 4. The van der Waals surface area contributed by atoms with Crippen molar-refractivity contribution in [3.05, 3.63) is 80.0 Å². The first kappa shape index (κ1) is 15.0. The van der Waals surface area contributed by atoms with E-state index in [9.17, 15) is 19.3 Å². The summed E-state index contributed by atoms with van der Waals surface area (Å²) in [6.45, 7) is 0.137. The van der Waals surface area contributed by atoms with Gasteiger partial charge in [0, 0.05) is 23.1 Å². The molecule has 0 atom stereocenters. The molecule has 116 valence electrons. The summed E-state index contributed by atoms with van der Waals surface area (Å²) in [5.41, 5.74) is 0.886. The molecule has 0 fully saturated rings. The Bertz CT molecular complexity index is 918. The van der Waals surface area contributed by atoms with Crippen LogP contribution in [-0.4, -0.2) is 14.5 Å². The summed E-state index contributed by atoms with van der Waals surface area (Å²) in [5.74, 6) is -0.325. The molecule has 0 amide bonds. The average Bonchev–Trinajstić information content (AvgIpc) is 2.98. The van der Waals surface area contributed by atoms with E-state index < -0.39 is 4.92 Å². The van der Waals surface area contributed by atoms with E-state index in [0.29, 0.717) is 10.7 Å². The van der Waals surface area contributed by atoms with Crippen LogP contribution < -0.4 is 5.56 Å². The lowest BCUT2D eigenvalue weighted by atomic mass is 10.2. The number of hydrogen-bond donors (Lipinski definition) is 0. The van der Waals surface area contributed by atoms with Gasteiger partial charge in [0.15, 0.2) is 0 Å². The monoisotopic (exact) mass is 331 g/mol. The van der Waals surface area contributed by atoms with Gasteiger partial charge in [-0.25, -0.2) is 9.37 Å². The summed E-state index contributed by atoms with van der Waals surface area (Å²) in [6.07, 6.45) is 1.19. The van der Waals surface area contributed by atoms with E-state index in [0.717, 1.165) is 11.6 Å². The summed E-state index contributed by atoms with van der Waals surface area (Å²) in [5, 5.41) is 13.2. The lowest BCUT2D eigenvalue weighted by Gasteiger charge is -2.02. The van der Waals surface area contributed by atoms with Gasteiger partial charge in [-0.2, -0.15) is 0 Å². The van der Waals surface area contributed by atoms with Gasteiger partial charge in [-0.05, 0) is 24.3 Å². The smallest absolute Gasteiger partial charge is 0.285 e. The van der Waals surface area contributed by atoms with Gasteiger partial charge in [-0.3, -0.25) is 14.9 Å². The Hall–Kier alpha value is -2.87. The zero-order chi connectivity index (χ0) is 16.4. The lowest BCUT2D eigenvalue weighted by molar-refractivity contribution is -0.385. The summed E-state index contributed by atoms with van der Waals surface area (Å²) >= 11 is 1.36. The fourth-order valence-electron chi connectivity index (χ4n) is 2.03. The Morgan fingerprint density at radius 1 is 1.22 bits per heavy atom. The SMILES string of the molecule is O=c1ccc([N+](=O)[O-])cn1Cc1csc(-c2ccc(F)cc2)n1. The van der Waals surface area contributed by atoms with Crippen molar-refractivity contribution in [2.45, 2.75) is 6.54 Å². The maximum Gasteiger partial charge on any atom is 0.285 e.